The van der Waals surface area contributed by atoms with Gasteiger partial charge in [0.15, 0.2) is 0 Å². The van der Waals surface area contributed by atoms with Crippen LogP contribution in [0.15, 0.2) is 24.3 Å². The molecule has 0 bridgehead atoms. The number of rotatable bonds is 2. The van der Waals surface area contributed by atoms with Crippen LogP contribution in [0.25, 0.3) is 0 Å². The van der Waals surface area contributed by atoms with Gasteiger partial charge < -0.3 is 14.8 Å². The Kier molecular flexibility index (Phi) is 3.09. The summed E-state index contributed by atoms with van der Waals surface area (Å²) in [5.74, 6) is 0. The first-order valence-corrected chi connectivity index (χ1v) is 6.34. The van der Waals surface area contributed by atoms with Gasteiger partial charge in [0.1, 0.15) is 0 Å². The van der Waals surface area contributed by atoms with Crippen LogP contribution in [0, 0.1) is 0 Å². The Morgan fingerprint density at radius 1 is 1.29 bits per heavy atom. The van der Waals surface area contributed by atoms with Gasteiger partial charge in [-0.05, 0) is 17.7 Å². The zero-order valence-electron chi connectivity index (χ0n) is 9.62. The standard InChI is InChI=1S/C13H16ClNO2/c14-11-3-1-2-10(6-11)13(8-17-9-13)12-7-16-5-4-15-12/h1-3,6,12,15H,4-5,7-9H2. The van der Waals surface area contributed by atoms with Crippen LogP contribution in [0.5, 0.6) is 0 Å². The van der Waals surface area contributed by atoms with Crippen LogP contribution < -0.4 is 5.32 Å². The van der Waals surface area contributed by atoms with E-state index >= 15 is 0 Å². The summed E-state index contributed by atoms with van der Waals surface area (Å²) in [7, 11) is 0. The average molecular weight is 254 g/mol. The van der Waals surface area contributed by atoms with Crippen LogP contribution in [0.4, 0.5) is 0 Å². The predicted octanol–water partition coefficient (Wildman–Crippen LogP) is 1.60. The summed E-state index contributed by atoms with van der Waals surface area (Å²) in [4.78, 5) is 0. The Hall–Kier alpha value is -0.610. The molecule has 0 saturated carbocycles. The Labute approximate surface area is 106 Å². The molecule has 3 nitrogen and oxygen atoms in total. The first-order valence-electron chi connectivity index (χ1n) is 5.96. The molecule has 1 aromatic rings. The van der Waals surface area contributed by atoms with Gasteiger partial charge in [-0.3, -0.25) is 0 Å². The summed E-state index contributed by atoms with van der Waals surface area (Å²) in [6.45, 7) is 3.94. The third-order valence-corrected chi connectivity index (χ3v) is 3.94. The predicted molar refractivity (Wildman–Crippen MR) is 66.6 cm³/mol. The Balaban J connectivity index is 1.90. The normalized spacial score (nSPS) is 27.5. The molecule has 1 N–H and O–H groups in total. The van der Waals surface area contributed by atoms with Crippen LogP contribution in [0.3, 0.4) is 0 Å². The maximum absolute atomic E-state index is 6.08. The van der Waals surface area contributed by atoms with Gasteiger partial charge in [-0.15, -0.1) is 0 Å². The Bertz CT molecular complexity index is 400. The van der Waals surface area contributed by atoms with E-state index in [2.05, 4.69) is 11.4 Å². The highest BCUT2D eigenvalue weighted by molar-refractivity contribution is 6.30. The molecule has 0 aliphatic carbocycles. The van der Waals surface area contributed by atoms with E-state index in [-0.39, 0.29) is 5.41 Å². The molecule has 1 atom stereocenters. The molecule has 3 rings (SSSR count). The fourth-order valence-electron chi connectivity index (χ4n) is 2.61. The fourth-order valence-corrected chi connectivity index (χ4v) is 2.80. The summed E-state index contributed by atoms with van der Waals surface area (Å²) in [6, 6.07) is 8.40. The lowest BCUT2D eigenvalue weighted by Crippen LogP contribution is -2.63. The monoisotopic (exact) mass is 253 g/mol. The second-order valence-corrected chi connectivity index (χ2v) is 5.18. The highest BCUT2D eigenvalue weighted by Gasteiger charge is 2.47. The molecule has 92 valence electrons. The molecule has 2 fully saturated rings. The van der Waals surface area contributed by atoms with Gasteiger partial charge in [0.05, 0.1) is 31.8 Å². The molecule has 0 amide bonds. The van der Waals surface area contributed by atoms with Crippen molar-refractivity contribution in [1.82, 2.24) is 5.32 Å². The molecule has 0 radical (unpaired) electrons. The van der Waals surface area contributed by atoms with Crippen molar-refractivity contribution in [2.24, 2.45) is 0 Å². The highest BCUT2D eigenvalue weighted by atomic mass is 35.5. The van der Waals surface area contributed by atoms with E-state index in [1.165, 1.54) is 5.56 Å². The molecule has 17 heavy (non-hydrogen) atoms. The van der Waals surface area contributed by atoms with Gasteiger partial charge in [0, 0.05) is 17.6 Å². The van der Waals surface area contributed by atoms with E-state index in [4.69, 9.17) is 21.1 Å². The van der Waals surface area contributed by atoms with Crippen LogP contribution >= 0.6 is 11.6 Å². The summed E-state index contributed by atoms with van der Waals surface area (Å²) in [5.41, 5.74) is 1.28. The van der Waals surface area contributed by atoms with Gasteiger partial charge in [-0.25, -0.2) is 0 Å². The zero-order chi connectivity index (χ0) is 11.7. The maximum Gasteiger partial charge on any atom is 0.0630 e. The van der Waals surface area contributed by atoms with Gasteiger partial charge in [0.25, 0.3) is 0 Å². The van der Waals surface area contributed by atoms with Gasteiger partial charge in [-0.1, -0.05) is 23.7 Å². The van der Waals surface area contributed by atoms with E-state index in [9.17, 15) is 0 Å². The van der Waals surface area contributed by atoms with E-state index in [1.807, 2.05) is 18.2 Å². The average Bonchev–Trinajstić information content (AvgIpc) is 2.29. The second kappa shape index (κ2) is 4.58. The second-order valence-electron chi connectivity index (χ2n) is 4.74. The lowest BCUT2D eigenvalue weighted by atomic mass is 9.72. The summed E-state index contributed by atoms with van der Waals surface area (Å²) >= 11 is 6.08. The molecule has 1 unspecified atom stereocenters. The quantitative estimate of drug-likeness (QED) is 0.869. The lowest BCUT2D eigenvalue weighted by molar-refractivity contribution is -0.101. The van der Waals surface area contributed by atoms with Crippen molar-refractivity contribution in [2.45, 2.75) is 11.5 Å². The number of hydrogen-bond acceptors (Lipinski definition) is 3. The maximum atomic E-state index is 6.08. The van der Waals surface area contributed by atoms with Gasteiger partial charge in [-0.2, -0.15) is 0 Å². The van der Waals surface area contributed by atoms with E-state index in [0.29, 0.717) is 6.04 Å². The number of benzene rings is 1. The first kappa shape index (κ1) is 11.5. The molecule has 2 aliphatic rings. The largest absolute Gasteiger partial charge is 0.379 e. The molecule has 0 spiro atoms. The molecule has 2 heterocycles. The first-order chi connectivity index (χ1) is 8.31. The molecule has 1 aromatic carbocycles. The number of hydrogen-bond donors (Lipinski definition) is 1. The van der Waals surface area contributed by atoms with Crippen molar-refractivity contribution in [2.75, 3.05) is 33.0 Å². The van der Waals surface area contributed by atoms with E-state index in [1.54, 1.807) is 0 Å². The fraction of sp³-hybridized carbons (Fsp3) is 0.538. The van der Waals surface area contributed by atoms with Crippen LogP contribution in [-0.4, -0.2) is 39.0 Å². The summed E-state index contributed by atoms with van der Waals surface area (Å²) in [5, 5.41) is 4.31. The van der Waals surface area contributed by atoms with Crippen molar-refractivity contribution >= 4 is 11.6 Å². The van der Waals surface area contributed by atoms with E-state index in [0.717, 1.165) is 38.0 Å². The number of ether oxygens (including phenoxy) is 2. The molecular weight excluding hydrogens is 238 g/mol. The minimum absolute atomic E-state index is 0.0331. The Morgan fingerprint density at radius 2 is 2.18 bits per heavy atom. The zero-order valence-corrected chi connectivity index (χ0v) is 10.4. The van der Waals surface area contributed by atoms with Crippen molar-refractivity contribution in [3.05, 3.63) is 34.9 Å². The SMILES string of the molecule is Clc1cccc(C2(C3COCCN3)COC2)c1. The van der Waals surface area contributed by atoms with Crippen molar-refractivity contribution < 1.29 is 9.47 Å². The molecule has 2 aliphatic heterocycles. The van der Waals surface area contributed by atoms with Gasteiger partial charge in [0.2, 0.25) is 0 Å². The third kappa shape index (κ3) is 1.97. The number of nitrogens with one attached hydrogen (secondary N) is 1. The highest BCUT2D eigenvalue weighted by Crippen LogP contribution is 2.37. The molecule has 0 aromatic heterocycles. The van der Waals surface area contributed by atoms with Crippen LogP contribution in [0.1, 0.15) is 5.56 Å². The molecular formula is C13H16ClNO2. The Morgan fingerprint density at radius 3 is 2.76 bits per heavy atom. The van der Waals surface area contributed by atoms with Crippen LogP contribution in [-0.2, 0) is 14.9 Å². The third-order valence-electron chi connectivity index (χ3n) is 3.71. The van der Waals surface area contributed by atoms with E-state index < -0.39 is 0 Å². The molecule has 2 saturated heterocycles. The van der Waals surface area contributed by atoms with Gasteiger partial charge >= 0.3 is 0 Å². The minimum atomic E-state index is 0.0331. The topological polar surface area (TPSA) is 30.5 Å². The summed E-state index contributed by atoms with van der Waals surface area (Å²) in [6.07, 6.45) is 0. The lowest BCUT2D eigenvalue weighted by Gasteiger charge is -2.49. The van der Waals surface area contributed by atoms with Crippen molar-refractivity contribution in [1.29, 1.82) is 0 Å². The minimum Gasteiger partial charge on any atom is -0.379 e. The van der Waals surface area contributed by atoms with Crippen molar-refractivity contribution in [3.63, 3.8) is 0 Å². The van der Waals surface area contributed by atoms with Crippen molar-refractivity contribution in [3.8, 4) is 0 Å². The summed E-state index contributed by atoms with van der Waals surface area (Å²) < 4.78 is 11.0. The van der Waals surface area contributed by atoms with Crippen LogP contribution in [0.2, 0.25) is 5.02 Å². The number of morpholine rings is 1. The smallest absolute Gasteiger partial charge is 0.0630 e. The molecule has 4 heteroatoms. The number of halogens is 1.